The molecule has 2 unspecified atom stereocenters. The molecule has 1 aromatic heterocycles. The van der Waals surface area contributed by atoms with Crippen LogP contribution in [0.4, 0.5) is 0 Å². The van der Waals surface area contributed by atoms with E-state index in [0.29, 0.717) is 5.92 Å². The van der Waals surface area contributed by atoms with Gasteiger partial charge < -0.3 is 10.6 Å². The minimum absolute atomic E-state index is 0. The second-order valence-electron chi connectivity index (χ2n) is 5.14. The van der Waals surface area contributed by atoms with Gasteiger partial charge in [0.2, 0.25) is 5.91 Å². The zero-order valence-corrected chi connectivity index (χ0v) is 13.0. The molecule has 1 aromatic rings. The SMILES string of the molecule is CC(CNC(=O)C1CCCCN1)Cc1cccs1.Cl. The van der Waals surface area contributed by atoms with Gasteiger partial charge in [-0.05, 0) is 43.2 Å². The smallest absolute Gasteiger partial charge is 0.237 e. The number of rotatable bonds is 5. The molecule has 1 amide bonds. The van der Waals surface area contributed by atoms with Crippen LogP contribution in [0.5, 0.6) is 0 Å². The van der Waals surface area contributed by atoms with Gasteiger partial charge >= 0.3 is 0 Å². The molecule has 108 valence electrons. The van der Waals surface area contributed by atoms with Crippen LogP contribution in [0.15, 0.2) is 17.5 Å². The summed E-state index contributed by atoms with van der Waals surface area (Å²) < 4.78 is 0. The van der Waals surface area contributed by atoms with Gasteiger partial charge in [-0.15, -0.1) is 23.7 Å². The number of thiophene rings is 1. The zero-order chi connectivity index (χ0) is 12.8. The fraction of sp³-hybridized carbons (Fsp3) is 0.643. The minimum Gasteiger partial charge on any atom is -0.354 e. The molecule has 3 nitrogen and oxygen atoms in total. The molecule has 0 spiro atoms. The van der Waals surface area contributed by atoms with Crippen molar-refractivity contribution in [2.45, 2.75) is 38.6 Å². The molecule has 0 aliphatic carbocycles. The number of piperidine rings is 1. The van der Waals surface area contributed by atoms with Crippen LogP contribution in [0.2, 0.25) is 0 Å². The van der Waals surface area contributed by atoms with Crippen molar-refractivity contribution in [1.82, 2.24) is 10.6 Å². The Morgan fingerprint density at radius 3 is 3.05 bits per heavy atom. The lowest BCUT2D eigenvalue weighted by Crippen LogP contribution is -2.47. The molecule has 2 N–H and O–H groups in total. The molecule has 1 aliphatic rings. The number of hydrogen-bond donors (Lipinski definition) is 2. The standard InChI is InChI=1S/C14H22N2OS.ClH/c1-11(9-12-5-4-8-18-12)10-16-14(17)13-6-2-3-7-15-13;/h4-5,8,11,13,15H,2-3,6-7,9-10H2,1H3,(H,16,17);1H. The highest BCUT2D eigenvalue weighted by Gasteiger charge is 2.20. The molecule has 5 heteroatoms. The predicted molar refractivity (Wildman–Crippen MR) is 83.1 cm³/mol. The second kappa shape index (κ2) is 8.56. The largest absolute Gasteiger partial charge is 0.354 e. The van der Waals surface area contributed by atoms with Crippen LogP contribution in [-0.2, 0) is 11.2 Å². The third kappa shape index (κ3) is 5.51. The first kappa shape index (κ1) is 16.5. The van der Waals surface area contributed by atoms with Crippen LogP contribution < -0.4 is 10.6 Å². The summed E-state index contributed by atoms with van der Waals surface area (Å²) in [5.74, 6) is 0.670. The van der Waals surface area contributed by atoms with Gasteiger partial charge in [0.05, 0.1) is 6.04 Å². The molecule has 2 heterocycles. The fourth-order valence-electron chi connectivity index (χ4n) is 2.32. The van der Waals surface area contributed by atoms with E-state index in [0.717, 1.165) is 32.4 Å². The maximum Gasteiger partial charge on any atom is 0.237 e. The zero-order valence-electron chi connectivity index (χ0n) is 11.4. The van der Waals surface area contributed by atoms with E-state index in [1.54, 1.807) is 11.3 Å². The Bertz CT molecular complexity index is 364. The van der Waals surface area contributed by atoms with Gasteiger partial charge in [-0.3, -0.25) is 4.79 Å². The highest BCUT2D eigenvalue weighted by molar-refractivity contribution is 7.09. The number of carbonyl (C=O) groups is 1. The van der Waals surface area contributed by atoms with Crippen molar-refractivity contribution >= 4 is 29.7 Å². The van der Waals surface area contributed by atoms with Crippen LogP contribution in [0.25, 0.3) is 0 Å². The Labute approximate surface area is 125 Å². The number of amides is 1. The molecule has 1 saturated heterocycles. The number of hydrogen-bond acceptors (Lipinski definition) is 3. The number of carbonyl (C=O) groups excluding carboxylic acids is 1. The highest BCUT2D eigenvalue weighted by atomic mass is 35.5. The van der Waals surface area contributed by atoms with Crippen molar-refractivity contribution < 1.29 is 4.79 Å². The third-order valence-electron chi connectivity index (χ3n) is 3.38. The summed E-state index contributed by atoms with van der Waals surface area (Å²) in [6.07, 6.45) is 4.38. The first-order valence-corrected chi connectivity index (χ1v) is 7.67. The fourth-order valence-corrected chi connectivity index (χ4v) is 3.19. The van der Waals surface area contributed by atoms with Crippen molar-refractivity contribution in [1.29, 1.82) is 0 Å². The lowest BCUT2D eigenvalue weighted by atomic mass is 10.0. The lowest BCUT2D eigenvalue weighted by Gasteiger charge is -2.23. The summed E-state index contributed by atoms with van der Waals surface area (Å²) in [5, 5.41) is 8.45. The molecule has 0 bridgehead atoms. The Morgan fingerprint density at radius 2 is 2.42 bits per heavy atom. The van der Waals surface area contributed by atoms with Crippen molar-refractivity contribution in [2.75, 3.05) is 13.1 Å². The van der Waals surface area contributed by atoms with E-state index in [1.165, 1.54) is 11.3 Å². The van der Waals surface area contributed by atoms with E-state index in [4.69, 9.17) is 0 Å². The van der Waals surface area contributed by atoms with Crippen LogP contribution >= 0.6 is 23.7 Å². The molecule has 2 rings (SSSR count). The minimum atomic E-state index is 0. The van der Waals surface area contributed by atoms with Gasteiger partial charge in [-0.1, -0.05) is 19.4 Å². The Hall–Kier alpha value is -0.580. The molecule has 19 heavy (non-hydrogen) atoms. The lowest BCUT2D eigenvalue weighted by molar-refractivity contribution is -0.123. The van der Waals surface area contributed by atoms with Gasteiger partial charge in [0.15, 0.2) is 0 Å². The van der Waals surface area contributed by atoms with E-state index in [9.17, 15) is 4.79 Å². The average Bonchev–Trinajstić information content (AvgIpc) is 2.90. The topological polar surface area (TPSA) is 41.1 Å². The van der Waals surface area contributed by atoms with Crippen molar-refractivity contribution in [3.8, 4) is 0 Å². The molecule has 0 saturated carbocycles. The summed E-state index contributed by atoms with van der Waals surface area (Å²) >= 11 is 1.79. The number of nitrogens with one attached hydrogen (secondary N) is 2. The van der Waals surface area contributed by atoms with E-state index in [1.807, 2.05) is 0 Å². The molecular formula is C14H23ClN2OS. The summed E-state index contributed by atoms with van der Waals surface area (Å²) in [4.78, 5) is 13.3. The molecule has 0 aromatic carbocycles. The predicted octanol–water partition coefficient (Wildman–Crippen LogP) is 2.61. The van der Waals surface area contributed by atoms with Crippen LogP contribution in [0.1, 0.15) is 31.1 Å². The second-order valence-corrected chi connectivity index (χ2v) is 6.17. The average molecular weight is 303 g/mol. The van der Waals surface area contributed by atoms with E-state index in [2.05, 4.69) is 35.1 Å². The van der Waals surface area contributed by atoms with Crippen LogP contribution in [0, 0.1) is 5.92 Å². The van der Waals surface area contributed by atoms with E-state index >= 15 is 0 Å². The number of halogens is 1. The van der Waals surface area contributed by atoms with E-state index in [-0.39, 0.29) is 24.4 Å². The Kier molecular flexibility index (Phi) is 7.42. The highest BCUT2D eigenvalue weighted by Crippen LogP contribution is 2.14. The van der Waals surface area contributed by atoms with Crippen molar-refractivity contribution in [2.24, 2.45) is 5.92 Å². The van der Waals surface area contributed by atoms with Gasteiger partial charge in [-0.2, -0.15) is 0 Å². The van der Waals surface area contributed by atoms with Gasteiger partial charge in [-0.25, -0.2) is 0 Å². The van der Waals surface area contributed by atoms with Crippen LogP contribution in [0.3, 0.4) is 0 Å². The Morgan fingerprint density at radius 1 is 1.58 bits per heavy atom. The molecule has 1 fully saturated rings. The first-order valence-electron chi connectivity index (χ1n) is 6.79. The molecule has 1 aliphatic heterocycles. The third-order valence-corrected chi connectivity index (χ3v) is 4.28. The van der Waals surface area contributed by atoms with Gasteiger partial charge in [0.1, 0.15) is 0 Å². The monoisotopic (exact) mass is 302 g/mol. The maximum absolute atomic E-state index is 11.9. The summed E-state index contributed by atoms with van der Waals surface area (Å²) in [5.41, 5.74) is 0. The van der Waals surface area contributed by atoms with E-state index < -0.39 is 0 Å². The summed E-state index contributed by atoms with van der Waals surface area (Å²) in [6, 6.07) is 4.27. The van der Waals surface area contributed by atoms with Gasteiger partial charge in [0.25, 0.3) is 0 Å². The van der Waals surface area contributed by atoms with Crippen molar-refractivity contribution in [3.63, 3.8) is 0 Å². The normalized spacial score (nSPS) is 20.4. The first-order chi connectivity index (χ1) is 8.75. The quantitative estimate of drug-likeness (QED) is 0.878. The summed E-state index contributed by atoms with van der Waals surface area (Å²) in [6.45, 7) is 3.94. The summed E-state index contributed by atoms with van der Waals surface area (Å²) in [7, 11) is 0. The van der Waals surface area contributed by atoms with Gasteiger partial charge in [0, 0.05) is 11.4 Å². The van der Waals surface area contributed by atoms with Crippen LogP contribution in [-0.4, -0.2) is 25.0 Å². The van der Waals surface area contributed by atoms with Crippen molar-refractivity contribution in [3.05, 3.63) is 22.4 Å². The molecular weight excluding hydrogens is 280 g/mol. The maximum atomic E-state index is 11.9. The Balaban J connectivity index is 0.00000180. The molecule has 0 radical (unpaired) electrons. The molecule has 2 atom stereocenters.